The largest absolute Gasteiger partial charge is 0.385 e. The van der Waals surface area contributed by atoms with Crippen molar-refractivity contribution in [2.75, 3.05) is 13.7 Å². The lowest BCUT2D eigenvalue weighted by atomic mass is 10.1. The van der Waals surface area contributed by atoms with Crippen molar-refractivity contribution in [3.63, 3.8) is 0 Å². The smallest absolute Gasteiger partial charge is 0.262 e. The van der Waals surface area contributed by atoms with E-state index in [-0.39, 0.29) is 5.56 Å². The van der Waals surface area contributed by atoms with Crippen LogP contribution >= 0.6 is 23.4 Å². The Morgan fingerprint density at radius 3 is 2.69 bits per heavy atom. The molecule has 0 N–H and O–H groups in total. The van der Waals surface area contributed by atoms with Crippen LogP contribution in [0.25, 0.3) is 16.6 Å². The molecule has 2 heterocycles. The first-order chi connectivity index (χ1) is 15.5. The molecule has 166 valence electrons. The zero-order valence-electron chi connectivity index (χ0n) is 18.1. The van der Waals surface area contributed by atoms with Crippen molar-refractivity contribution in [2.24, 2.45) is 0 Å². The highest BCUT2D eigenvalue weighted by Gasteiger charge is 2.16. The van der Waals surface area contributed by atoms with E-state index in [1.54, 1.807) is 34.6 Å². The molecule has 0 amide bonds. The van der Waals surface area contributed by atoms with Crippen molar-refractivity contribution in [1.82, 2.24) is 29.8 Å². The Hall–Kier alpha value is -2.75. The van der Waals surface area contributed by atoms with Gasteiger partial charge in [-0.2, -0.15) is 4.68 Å². The Bertz CT molecular complexity index is 1300. The molecule has 0 aliphatic carbocycles. The molecule has 0 unspecified atom stereocenters. The van der Waals surface area contributed by atoms with Gasteiger partial charge in [0.25, 0.3) is 5.56 Å². The number of benzene rings is 2. The summed E-state index contributed by atoms with van der Waals surface area (Å²) in [5.74, 6) is 1.13. The molecular formula is C22H23ClN6O2S. The first-order valence-electron chi connectivity index (χ1n) is 10.1. The molecule has 0 bridgehead atoms. The van der Waals surface area contributed by atoms with E-state index in [1.807, 2.05) is 32.0 Å². The summed E-state index contributed by atoms with van der Waals surface area (Å²) in [5, 5.41) is 14.0. The number of fused-ring (bicyclic) bond motifs is 1. The fraction of sp³-hybridized carbons (Fsp3) is 0.318. The molecule has 0 fully saturated rings. The van der Waals surface area contributed by atoms with E-state index in [0.717, 1.165) is 16.8 Å². The molecular weight excluding hydrogens is 448 g/mol. The van der Waals surface area contributed by atoms with Crippen LogP contribution in [0.3, 0.4) is 0 Å². The summed E-state index contributed by atoms with van der Waals surface area (Å²) in [7, 11) is 1.65. The summed E-state index contributed by atoms with van der Waals surface area (Å²) in [5.41, 5.74) is 3.60. The molecule has 0 atom stereocenters. The lowest BCUT2D eigenvalue weighted by molar-refractivity contribution is 0.189. The highest BCUT2D eigenvalue weighted by atomic mass is 35.5. The first kappa shape index (κ1) is 22.4. The fourth-order valence-corrected chi connectivity index (χ4v) is 4.68. The predicted molar refractivity (Wildman–Crippen MR) is 126 cm³/mol. The van der Waals surface area contributed by atoms with Crippen molar-refractivity contribution in [1.29, 1.82) is 0 Å². The normalized spacial score (nSPS) is 11.4. The lowest BCUT2D eigenvalue weighted by Crippen LogP contribution is -2.24. The number of methoxy groups -OCH3 is 1. The van der Waals surface area contributed by atoms with Gasteiger partial charge in [0.2, 0.25) is 0 Å². The van der Waals surface area contributed by atoms with Crippen LogP contribution in [0, 0.1) is 13.8 Å². The maximum atomic E-state index is 13.2. The molecule has 2 aromatic carbocycles. The molecule has 4 rings (SSSR count). The van der Waals surface area contributed by atoms with Crippen LogP contribution in [-0.4, -0.2) is 43.5 Å². The molecule has 0 radical (unpaired) electrons. The molecule has 0 aliphatic rings. The van der Waals surface area contributed by atoms with E-state index >= 15 is 0 Å². The second kappa shape index (κ2) is 9.81. The van der Waals surface area contributed by atoms with Gasteiger partial charge < -0.3 is 4.74 Å². The molecule has 0 saturated heterocycles. The number of rotatable bonds is 8. The number of hydrogen-bond donors (Lipinski definition) is 0. The van der Waals surface area contributed by atoms with Gasteiger partial charge in [-0.25, -0.2) is 4.98 Å². The molecule has 8 nitrogen and oxygen atoms in total. The van der Waals surface area contributed by atoms with Gasteiger partial charge in [0, 0.05) is 25.3 Å². The van der Waals surface area contributed by atoms with Crippen LogP contribution < -0.4 is 5.56 Å². The minimum absolute atomic E-state index is 0.0976. The number of aromatic nitrogens is 6. The van der Waals surface area contributed by atoms with Gasteiger partial charge in [-0.1, -0.05) is 41.6 Å². The van der Waals surface area contributed by atoms with E-state index in [9.17, 15) is 4.79 Å². The zero-order chi connectivity index (χ0) is 22.7. The molecule has 0 saturated carbocycles. The van der Waals surface area contributed by atoms with E-state index < -0.39 is 0 Å². The van der Waals surface area contributed by atoms with Crippen LogP contribution in [0.2, 0.25) is 5.02 Å². The van der Waals surface area contributed by atoms with Crippen molar-refractivity contribution in [2.45, 2.75) is 37.7 Å². The van der Waals surface area contributed by atoms with Crippen LogP contribution in [0.4, 0.5) is 0 Å². The Kier molecular flexibility index (Phi) is 6.88. The Morgan fingerprint density at radius 1 is 1.16 bits per heavy atom. The molecule has 2 aromatic heterocycles. The third-order valence-electron chi connectivity index (χ3n) is 5.13. The number of nitrogens with zero attached hydrogens (tertiary/aromatic N) is 6. The number of hydrogen-bond acceptors (Lipinski definition) is 7. The second-order valence-electron chi connectivity index (χ2n) is 7.39. The quantitative estimate of drug-likeness (QED) is 0.219. The van der Waals surface area contributed by atoms with Crippen molar-refractivity contribution in [3.05, 3.63) is 68.7 Å². The van der Waals surface area contributed by atoms with Crippen molar-refractivity contribution in [3.8, 4) is 5.69 Å². The van der Waals surface area contributed by atoms with E-state index in [2.05, 4.69) is 15.5 Å². The standard InChI is InChI=1S/C22H23ClN6O2S/c1-14-6-4-7-15(2)20(14)29-19(25-26-27-29)13-32-22-24-18-12-16(23)8-9-17(18)21(30)28(22)10-5-11-31-3/h4,6-9,12H,5,10-11,13H2,1-3H3. The van der Waals surface area contributed by atoms with Crippen LogP contribution in [-0.2, 0) is 17.0 Å². The van der Waals surface area contributed by atoms with Gasteiger partial charge >= 0.3 is 0 Å². The maximum absolute atomic E-state index is 13.2. The average molecular weight is 471 g/mol. The number of aryl methyl sites for hydroxylation is 2. The summed E-state index contributed by atoms with van der Waals surface area (Å²) >= 11 is 7.56. The summed E-state index contributed by atoms with van der Waals surface area (Å²) in [6, 6.07) is 11.2. The first-order valence-corrected chi connectivity index (χ1v) is 11.5. The minimum Gasteiger partial charge on any atom is -0.385 e. The Morgan fingerprint density at radius 2 is 1.94 bits per heavy atom. The third kappa shape index (κ3) is 4.55. The number of para-hydroxylation sites is 1. The van der Waals surface area contributed by atoms with Gasteiger partial charge in [0.05, 0.1) is 22.3 Å². The Labute approximate surface area is 194 Å². The van der Waals surface area contributed by atoms with Crippen LogP contribution in [0.15, 0.2) is 46.3 Å². The predicted octanol–water partition coefficient (Wildman–Crippen LogP) is 3.97. The molecule has 32 heavy (non-hydrogen) atoms. The Balaban J connectivity index is 1.70. The monoisotopic (exact) mass is 470 g/mol. The van der Waals surface area contributed by atoms with Crippen LogP contribution in [0.5, 0.6) is 0 Å². The molecule has 10 heteroatoms. The van der Waals surface area contributed by atoms with Gasteiger partial charge in [0.1, 0.15) is 0 Å². The number of halogens is 1. The third-order valence-corrected chi connectivity index (χ3v) is 6.34. The summed E-state index contributed by atoms with van der Waals surface area (Å²) in [4.78, 5) is 17.9. The highest BCUT2D eigenvalue weighted by molar-refractivity contribution is 7.98. The SMILES string of the molecule is COCCCn1c(SCc2nnnn2-c2c(C)cccc2C)nc2cc(Cl)ccc2c1=O. The second-order valence-corrected chi connectivity index (χ2v) is 8.77. The van der Waals surface area contributed by atoms with Gasteiger partial charge in [0.15, 0.2) is 11.0 Å². The van der Waals surface area contributed by atoms with Gasteiger partial charge in [-0.05, 0) is 60.0 Å². The number of thioether (sulfide) groups is 1. The minimum atomic E-state index is -0.0976. The molecule has 4 aromatic rings. The van der Waals surface area contributed by atoms with Crippen molar-refractivity contribution >= 4 is 34.3 Å². The summed E-state index contributed by atoms with van der Waals surface area (Å²) in [6.07, 6.45) is 0.699. The number of tetrazole rings is 1. The topological polar surface area (TPSA) is 87.7 Å². The lowest BCUT2D eigenvalue weighted by Gasteiger charge is -2.14. The maximum Gasteiger partial charge on any atom is 0.262 e. The van der Waals surface area contributed by atoms with E-state index in [0.29, 0.717) is 52.2 Å². The van der Waals surface area contributed by atoms with Crippen LogP contribution in [0.1, 0.15) is 23.4 Å². The molecule has 0 spiro atoms. The number of ether oxygens (including phenoxy) is 1. The van der Waals surface area contributed by atoms with E-state index in [1.165, 1.54) is 11.8 Å². The average Bonchev–Trinajstić information content (AvgIpc) is 3.22. The van der Waals surface area contributed by atoms with Gasteiger partial charge in [-0.15, -0.1) is 5.10 Å². The highest BCUT2D eigenvalue weighted by Crippen LogP contribution is 2.25. The molecule has 0 aliphatic heterocycles. The summed E-state index contributed by atoms with van der Waals surface area (Å²) < 4.78 is 8.60. The fourth-order valence-electron chi connectivity index (χ4n) is 3.59. The van der Waals surface area contributed by atoms with Crippen molar-refractivity contribution < 1.29 is 4.74 Å². The summed E-state index contributed by atoms with van der Waals surface area (Å²) in [6.45, 7) is 5.12. The van der Waals surface area contributed by atoms with Gasteiger partial charge in [-0.3, -0.25) is 9.36 Å². The zero-order valence-corrected chi connectivity index (χ0v) is 19.7. The van der Waals surface area contributed by atoms with E-state index in [4.69, 9.17) is 21.3 Å².